The predicted octanol–water partition coefficient (Wildman–Crippen LogP) is 4.37. The molecule has 4 aromatic rings. The molecule has 1 fully saturated rings. The molecule has 3 N–H and O–H groups in total. The van der Waals surface area contributed by atoms with E-state index in [9.17, 15) is 0 Å². The van der Waals surface area contributed by atoms with Gasteiger partial charge in [-0.25, -0.2) is 10.8 Å². The number of pyridine rings is 3. The summed E-state index contributed by atoms with van der Waals surface area (Å²) in [4.78, 5) is 19.5. The van der Waals surface area contributed by atoms with Crippen molar-refractivity contribution in [2.45, 2.75) is 25.9 Å². The first kappa shape index (κ1) is 23.0. The minimum absolute atomic E-state index is 0.201. The number of aromatic amines is 1. The number of hydrogen-bond donors (Lipinski definition) is 2. The van der Waals surface area contributed by atoms with E-state index in [2.05, 4.69) is 45.5 Å². The molecule has 4 aromatic heterocycles. The Hall–Kier alpha value is -3.75. The van der Waals surface area contributed by atoms with Crippen LogP contribution in [0.2, 0.25) is 0 Å². The molecule has 0 aromatic carbocycles. The van der Waals surface area contributed by atoms with Crippen LogP contribution in [0, 0.1) is 0 Å². The van der Waals surface area contributed by atoms with Gasteiger partial charge in [-0.15, -0.1) is 0 Å². The quantitative estimate of drug-likeness (QED) is 0.236. The van der Waals surface area contributed by atoms with Gasteiger partial charge in [0.05, 0.1) is 23.0 Å². The molecule has 1 aliphatic heterocycles. The molecule has 0 atom stereocenters. The maximum atomic E-state index is 6.45. The van der Waals surface area contributed by atoms with E-state index in [1.165, 1.54) is 5.01 Å². The van der Waals surface area contributed by atoms with Crippen LogP contribution in [-0.2, 0) is 0 Å². The smallest absolute Gasteiger partial charge is 0.138 e. The second-order valence-electron chi connectivity index (χ2n) is 8.94. The van der Waals surface area contributed by atoms with Gasteiger partial charge in [0.15, 0.2) is 0 Å². The number of ether oxygens (including phenoxy) is 1. The van der Waals surface area contributed by atoms with E-state index >= 15 is 0 Å². The van der Waals surface area contributed by atoms with Crippen LogP contribution in [0.15, 0.2) is 61.8 Å². The molecule has 1 aliphatic rings. The number of rotatable bonds is 7. The Balaban J connectivity index is 1.52. The summed E-state index contributed by atoms with van der Waals surface area (Å²) < 4.78 is 6.45. The minimum atomic E-state index is 0.201. The molecular weight excluding hydrogens is 438 g/mol. The lowest BCUT2D eigenvalue weighted by molar-refractivity contribution is 0.104. The van der Waals surface area contributed by atoms with Gasteiger partial charge in [0.2, 0.25) is 0 Å². The number of allylic oxidation sites excluding steroid dienone is 2. The molecule has 180 valence electrons. The monoisotopic (exact) mass is 469 g/mol. The van der Waals surface area contributed by atoms with Crippen molar-refractivity contribution in [3.05, 3.63) is 67.4 Å². The van der Waals surface area contributed by atoms with Gasteiger partial charge in [0.25, 0.3) is 0 Å². The molecule has 0 aliphatic carbocycles. The van der Waals surface area contributed by atoms with Crippen molar-refractivity contribution in [1.82, 2.24) is 29.8 Å². The van der Waals surface area contributed by atoms with Gasteiger partial charge >= 0.3 is 0 Å². The summed E-state index contributed by atoms with van der Waals surface area (Å²) in [5.41, 5.74) is 5.27. The van der Waals surface area contributed by atoms with E-state index < -0.39 is 0 Å². The van der Waals surface area contributed by atoms with Crippen LogP contribution in [0.25, 0.3) is 38.8 Å². The fourth-order valence-corrected chi connectivity index (χ4v) is 4.64. The molecule has 1 saturated heterocycles. The summed E-state index contributed by atoms with van der Waals surface area (Å²) in [6.07, 6.45) is 13.1. The number of aromatic nitrogens is 4. The number of hydrogen-bond acceptors (Lipinski definition) is 7. The second kappa shape index (κ2) is 9.85. The molecule has 35 heavy (non-hydrogen) atoms. The molecule has 0 saturated carbocycles. The van der Waals surface area contributed by atoms with Crippen LogP contribution in [-0.4, -0.2) is 62.6 Å². The number of likely N-dealkylation sites (tertiary alicyclic amines) is 1. The van der Waals surface area contributed by atoms with Crippen molar-refractivity contribution in [3.63, 3.8) is 0 Å². The van der Waals surface area contributed by atoms with E-state index in [0.29, 0.717) is 0 Å². The highest BCUT2D eigenvalue weighted by Gasteiger charge is 2.21. The Bertz CT molecular complexity index is 1380. The van der Waals surface area contributed by atoms with Crippen LogP contribution in [0.4, 0.5) is 0 Å². The van der Waals surface area contributed by atoms with Crippen molar-refractivity contribution in [2.24, 2.45) is 5.84 Å². The molecule has 0 unspecified atom stereocenters. The maximum absolute atomic E-state index is 6.45. The van der Waals surface area contributed by atoms with Crippen LogP contribution in [0.1, 0.15) is 25.3 Å². The fourth-order valence-electron chi connectivity index (χ4n) is 4.64. The van der Waals surface area contributed by atoms with E-state index in [-0.39, 0.29) is 6.10 Å². The zero-order chi connectivity index (χ0) is 24.4. The third kappa shape index (κ3) is 4.76. The van der Waals surface area contributed by atoms with Gasteiger partial charge in [0.1, 0.15) is 17.5 Å². The minimum Gasteiger partial charge on any atom is -0.490 e. The second-order valence-corrected chi connectivity index (χ2v) is 8.94. The van der Waals surface area contributed by atoms with Crippen molar-refractivity contribution < 1.29 is 4.74 Å². The summed E-state index contributed by atoms with van der Waals surface area (Å²) in [7, 11) is 1.78. The molecule has 0 radical (unpaired) electrons. The molecule has 0 bridgehead atoms. The Labute approximate surface area is 205 Å². The Morgan fingerprint density at radius 3 is 2.80 bits per heavy atom. The normalized spacial score (nSPS) is 15.6. The number of fused-ring (bicyclic) bond motifs is 3. The summed E-state index contributed by atoms with van der Waals surface area (Å²) in [5, 5.41) is 3.55. The molecule has 5 heterocycles. The van der Waals surface area contributed by atoms with Crippen molar-refractivity contribution >= 4 is 27.5 Å². The number of nitrogens with zero attached hydrogens (tertiary/aromatic N) is 5. The van der Waals surface area contributed by atoms with Crippen LogP contribution >= 0.6 is 0 Å². The Morgan fingerprint density at radius 2 is 2.06 bits per heavy atom. The summed E-state index contributed by atoms with van der Waals surface area (Å²) in [6.45, 7) is 9.35. The first-order valence-corrected chi connectivity index (χ1v) is 12.0. The lowest BCUT2D eigenvalue weighted by Gasteiger charge is -2.31. The first-order chi connectivity index (χ1) is 17.1. The van der Waals surface area contributed by atoms with Gasteiger partial charge in [-0.3, -0.25) is 9.97 Å². The number of piperidine rings is 1. The molecule has 8 nitrogen and oxygen atoms in total. The standard InChI is InChI=1S/C27H31N7O/c1-4-18(17-33(3)28)19-12-22-21-13-24(30-16-25(21)32-27(22)31-14-19)23-15-29-9-6-26(23)35-20-7-10-34(5-2)11-8-20/h4,6,9,12-17,20H,1,5,7-8,10-11,28H2,2-3H3,(H,31,32)/b18-17+. The van der Waals surface area contributed by atoms with Gasteiger partial charge in [-0.05, 0) is 43.2 Å². The van der Waals surface area contributed by atoms with Gasteiger partial charge in [-0.2, -0.15) is 0 Å². The first-order valence-electron chi connectivity index (χ1n) is 12.0. The van der Waals surface area contributed by atoms with E-state index in [1.54, 1.807) is 19.3 Å². The van der Waals surface area contributed by atoms with Gasteiger partial charge < -0.3 is 19.6 Å². The average Bonchev–Trinajstić information content (AvgIpc) is 3.25. The molecular formula is C27H31N7O. The molecule has 0 amide bonds. The maximum Gasteiger partial charge on any atom is 0.138 e. The topological polar surface area (TPSA) is 96.2 Å². The fraction of sp³-hybridized carbons (Fsp3) is 0.296. The van der Waals surface area contributed by atoms with E-state index in [0.717, 1.165) is 82.6 Å². The van der Waals surface area contributed by atoms with Crippen molar-refractivity contribution in [1.29, 1.82) is 0 Å². The number of nitrogens with one attached hydrogen (secondary N) is 1. The third-order valence-electron chi connectivity index (χ3n) is 6.56. The zero-order valence-corrected chi connectivity index (χ0v) is 20.2. The number of H-pyrrole nitrogens is 1. The zero-order valence-electron chi connectivity index (χ0n) is 20.2. The summed E-state index contributed by atoms with van der Waals surface area (Å²) >= 11 is 0. The van der Waals surface area contributed by atoms with Gasteiger partial charge in [-0.1, -0.05) is 19.6 Å². The highest BCUT2D eigenvalue weighted by Crippen LogP contribution is 2.34. The van der Waals surface area contributed by atoms with Crippen LogP contribution < -0.4 is 10.6 Å². The molecule has 5 rings (SSSR count). The molecule has 0 spiro atoms. The van der Waals surface area contributed by atoms with Crippen LogP contribution in [0.5, 0.6) is 5.75 Å². The van der Waals surface area contributed by atoms with Crippen molar-refractivity contribution in [2.75, 3.05) is 26.7 Å². The largest absolute Gasteiger partial charge is 0.490 e. The Kier molecular flexibility index (Phi) is 6.48. The summed E-state index contributed by atoms with van der Waals surface area (Å²) in [5.74, 6) is 6.65. The predicted molar refractivity (Wildman–Crippen MR) is 141 cm³/mol. The van der Waals surface area contributed by atoms with Crippen molar-refractivity contribution in [3.8, 4) is 17.0 Å². The molecule has 8 heteroatoms. The lowest BCUT2D eigenvalue weighted by atomic mass is 10.1. The number of hydrazine groups is 1. The Morgan fingerprint density at radius 1 is 1.23 bits per heavy atom. The lowest BCUT2D eigenvalue weighted by Crippen LogP contribution is -2.38. The highest BCUT2D eigenvalue weighted by atomic mass is 16.5. The third-order valence-corrected chi connectivity index (χ3v) is 6.56. The van der Waals surface area contributed by atoms with E-state index in [4.69, 9.17) is 15.6 Å². The van der Waals surface area contributed by atoms with Crippen LogP contribution in [0.3, 0.4) is 0 Å². The summed E-state index contributed by atoms with van der Waals surface area (Å²) in [6, 6.07) is 6.12. The SMILES string of the molecule is C=C/C(=C\N(C)N)c1cnc2[nH]c3cnc(-c4cnccc4OC4CCN(CC)CC4)cc3c2c1. The average molecular weight is 470 g/mol. The van der Waals surface area contributed by atoms with Gasteiger partial charge in [0, 0.05) is 61.3 Å². The van der Waals surface area contributed by atoms with E-state index in [1.807, 2.05) is 30.9 Å². The number of nitrogens with two attached hydrogens (primary N) is 1. The highest BCUT2D eigenvalue weighted by molar-refractivity contribution is 6.07.